The van der Waals surface area contributed by atoms with Crippen molar-refractivity contribution < 1.29 is 23.2 Å². The van der Waals surface area contributed by atoms with Gasteiger partial charge in [0.15, 0.2) is 11.6 Å². The van der Waals surface area contributed by atoms with Crippen molar-refractivity contribution in [1.29, 1.82) is 0 Å². The second kappa shape index (κ2) is 19.2. The van der Waals surface area contributed by atoms with Crippen LogP contribution >= 0.6 is 23.2 Å². The van der Waals surface area contributed by atoms with Gasteiger partial charge in [0.2, 0.25) is 11.8 Å². The number of urea groups is 1. The molecule has 2 unspecified atom stereocenters. The van der Waals surface area contributed by atoms with Gasteiger partial charge in [-0.2, -0.15) is 0 Å². The number of benzene rings is 4. The van der Waals surface area contributed by atoms with E-state index in [0.29, 0.717) is 45.4 Å². The number of hydrogen-bond acceptors (Lipinski definition) is 6. The lowest BCUT2D eigenvalue weighted by molar-refractivity contribution is -0.130. The fourth-order valence-corrected chi connectivity index (χ4v) is 7.43. The summed E-state index contributed by atoms with van der Waals surface area (Å²) in [5, 5.41) is 11.6. The summed E-state index contributed by atoms with van der Waals surface area (Å²) >= 11 is 13.0. The maximum atomic E-state index is 14.2. The number of nitrogens with zero attached hydrogens (tertiary/aromatic N) is 3. The van der Waals surface area contributed by atoms with Crippen molar-refractivity contribution >= 4 is 57.8 Å². The van der Waals surface area contributed by atoms with Crippen molar-refractivity contribution in [2.24, 2.45) is 5.73 Å². The van der Waals surface area contributed by atoms with Crippen molar-refractivity contribution in [3.05, 3.63) is 134 Å². The standard InChI is InChI=1S/C41H44Cl2F2N8O4/c42-30-9-6-10-31(43)29(30)25-53-37-23-28(12-14-36(37)52(41(53)57)20-19-51-17-4-5-18-51)48-40(56)50-35(22-27-11-13-32(44)33(45)21-27)39(55)49-34(15-16-46)38(54)47-24-26-7-2-1-3-8-26/h1-3,6-14,21,23,34-35H,4-5,15-20,22,24-25,46H2,(H,47,54)(H,49,55)(H2,48,50,56). The van der Waals surface area contributed by atoms with Gasteiger partial charge in [-0.25, -0.2) is 18.4 Å². The van der Waals surface area contributed by atoms with Gasteiger partial charge in [-0.05, 0) is 92.5 Å². The number of carbonyl (C=O) groups is 3. The minimum absolute atomic E-state index is 0.0690. The molecule has 0 aliphatic carbocycles. The molecule has 6 N–H and O–H groups in total. The van der Waals surface area contributed by atoms with E-state index in [1.54, 1.807) is 45.5 Å². The number of nitrogens with one attached hydrogen (secondary N) is 4. The topological polar surface area (TPSA) is 156 Å². The second-order valence-corrected chi connectivity index (χ2v) is 14.7. The zero-order valence-electron chi connectivity index (χ0n) is 31.1. The maximum absolute atomic E-state index is 14.2. The average Bonchev–Trinajstić information content (AvgIpc) is 3.81. The molecule has 1 aromatic heterocycles. The molecule has 0 saturated carbocycles. The Morgan fingerprint density at radius 3 is 2.19 bits per heavy atom. The fourth-order valence-electron chi connectivity index (χ4n) is 6.91. The van der Waals surface area contributed by atoms with E-state index >= 15 is 0 Å². The Balaban J connectivity index is 1.24. The van der Waals surface area contributed by atoms with Crippen molar-refractivity contribution in [3.8, 4) is 0 Å². The molecule has 4 aromatic carbocycles. The van der Waals surface area contributed by atoms with Crippen LogP contribution in [0.2, 0.25) is 10.0 Å². The summed E-state index contributed by atoms with van der Waals surface area (Å²) in [5.74, 6) is -3.43. The molecule has 2 heterocycles. The third-order valence-electron chi connectivity index (χ3n) is 9.94. The molecule has 0 radical (unpaired) electrons. The molecular formula is C41H44Cl2F2N8O4. The third-order valence-corrected chi connectivity index (χ3v) is 10.6. The summed E-state index contributed by atoms with van der Waals surface area (Å²) in [6, 6.07) is 19.3. The van der Waals surface area contributed by atoms with Crippen LogP contribution in [0, 0.1) is 11.6 Å². The number of amides is 4. The van der Waals surface area contributed by atoms with Crippen LogP contribution in [0.4, 0.5) is 19.3 Å². The van der Waals surface area contributed by atoms with Gasteiger partial charge in [0.1, 0.15) is 12.1 Å². The Bertz CT molecular complexity index is 2260. The molecule has 1 aliphatic rings. The smallest absolute Gasteiger partial charge is 0.329 e. The number of halogens is 4. The average molecular weight is 822 g/mol. The molecule has 57 heavy (non-hydrogen) atoms. The van der Waals surface area contributed by atoms with Crippen LogP contribution in [0.3, 0.4) is 0 Å². The quantitative estimate of drug-likeness (QED) is 0.0897. The molecular weight excluding hydrogens is 777 g/mol. The highest BCUT2D eigenvalue weighted by molar-refractivity contribution is 6.36. The lowest BCUT2D eigenvalue weighted by atomic mass is 10.0. The number of anilines is 1. The first-order chi connectivity index (χ1) is 27.5. The third kappa shape index (κ3) is 10.6. The van der Waals surface area contributed by atoms with Crippen LogP contribution < -0.4 is 32.7 Å². The van der Waals surface area contributed by atoms with Crippen LogP contribution in [0.5, 0.6) is 0 Å². The highest BCUT2D eigenvalue weighted by Crippen LogP contribution is 2.27. The lowest BCUT2D eigenvalue weighted by Gasteiger charge is -2.23. The van der Waals surface area contributed by atoms with Gasteiger partial charge < -0.3 is 31.9 Å². The minimum atomic E-state index is -1.34. The highest BCUT2D eigenvalue weighted by atomic mass is 35.5. The summed E-state index contributed by atoms with van der Waals surface area (Å²) in [6.45, 7) is 3.42. The molecule has 6 rings (SSSR count). The Kier molecular flexibility index (Phi) is 14.0. The van der Waals surface area contributed by atoms with E-state index in [2.05, 4.69) is 26.2 Å². The summed E-state index contributed by atoms with van der Waals surface area (Å²) in [7, 11) is 0. The van der Waals surface area contributed by atoms with Gasteiger partial charge in [-0.1, -0.05) is 65.7 Å². The lowest BCUT2D eigenvalue weighted by Crippen LogP contribution is -2.55. The van der Waals surface area contributed by atoms with E-state index in [4.69, 9.17) is 28.9 Å². The van der Waals surface area contributed by atoms with Crippen molar-refractivity contribution in [2.45, 2.75) is 57.4 Å². The molecule has 2 atom stereocenters. The molecule has 1 saturated heterocycles. The molecule has 4 amide bonds. The van der Waals surface area contributed by atoms with Gasteiger partial charge in [-0.15, -0.1) is 0 Å². The predicted octanol–water partition coefficient (Wildman–Crippen LogP) is 5.41. The fraction of sp³-hybridized carbons (Fsp3) is 0.317. The molecule has 1 aliphatic heterocycles. The number of carbonyl (C=O) groups excluding carboxylic acids is 3. The van der Waals surface area contributed by atoms with Gasteiger partial charge in [0.25, 0.3) is 0 Å². The highest BCUT2D eigenvalue weighted by Gasteiger charge is 2.28. The van der Waals surface area contributed by atoms with Gasteiger partial charge >= 0.3 is 11.7 Å². The number of imidazole rings is 1. The SMILES string of the molecule is NCCC(NC(=O)C(Cc1ccc(F)c(F)c1)NC(=O)Nc1ccc2c(c1)n(Cc1c(Cl)cccc1Cl)c(=O)n2CCN1CCCC1)C(=O)NCc1ccccc1. The van der Waals surface area contributed by atoms with Crippen LogP contribution in [0.25, 0.3) is 11.0 Å². The molecule has 5 aromatic rings. The minimum Gasteiger partial charge on any atom is -0.350 e. The number of likely N-dealkylation sites (tertiary alicyclic amines) is 1. The Hall–Kier alpha value is -5.28. The first-order valence-electron chi connectivity index (χ1n) is 18.7. The molecule has 300 valence electrons. The zero-order chi connectivity index (χ0) is 40.5. The summed E-state index contributed by atoms with van der Waals surface area (Å²) in [4.78, 5) is 56.9. The van der Waals surface area contributed by atoms with E-state index in [1.165, 1.54) is 6.07 Å². The van der Waals surface area contributed by atoms with Crippen molar-refractivity contribution in [1.82, 2.24) is 30.0 Å². The normalized spacial score (nSPS) is 14.0. The molecule has 1 fully saturated rings. The first-order valence-corrected chi connectivity index (χ1v) is 19.5. The Labute approximate surface area is 338 Å². The molecule has 0 bridgehead atoms. The summed E-state index contributed by atoms with van der Waals surface area (Å²) in [5.41, 5.74) is 8.59. The number of nitrogens with two attached hydrogens (primary N) is 1. The summed E-state index contributed by atoms with van der Waals surface area (Å²) in [6.07, 6.45) is 2.07. The van der Waals surface area contributed by atoms with E-state index < -0.39 is 41.6 Å². The zero-order valence-corrected chi connectivity index (χ0v) is 32.6. The second-order valence-electron chi connectivity index (χ2n) is 13.9. The van der Waals surface area contributed by atoms with E-state index in [0.717, 1.165) is 43.6 Å². The molecule has 12 nitrogen and oxygen atoms in total. The number of rotatable bonds is 16. The van der Waals surface area contributed by atoms with Gasteiger partial charge in [-0.3, -0.25) is 18.7 Å². The van der Waals surface area contributed by atoms with Crippen LogP contribution in [-0.2, 0) is 35.6 Å². The van der Waals surface area contributed by atoms with Crippen LogP contribution in [0.15, 0.2) is 89.7 Å². The Morgan fingerprint density at radius 2 is 1.49 bits per heavy atom. The van der Waals surface area contributed by atoms with E-state index in [1.807, 2.05) is 30.3 Å². The first kappa shape index (κ1) is 41.4. The van der Waals surface area contributed by atoms with E-state index in [-0.39, 0.29) is 43.7 Å². The molecule has 16 heteroatoms. The van der Waals surface area contributed by atoms with Crippen molar-refractivity contribution in [3.63, 3.8) is 0 Å². The number of hydrogen-bond donors (Lipinski definition) is 5. The number of aromatic nitrogens is 2. The Morgan fingerprint density at radius 1 is 0.754 bits per heavy atom. The predicted molar refractivity (Wildman–Crippen MR) is 217 cm³/mol. The van der Waals surface area contributed by atoms with Crippen LogP contribution in [0.1, 0.15) is 36.0 Å². The largest absolute Gasteiger partial charge is 0.350 e. The monoisotopic (exact) mass is 820 g/mol. The van der Waals surface area contributed by atoms with E-state index in [9.17, 15) is 28.0 Å². The maximum Gasteiger partial charge on any atom is 0.329 e. The molecule has 0 spiro atoms. The van der Waals surface area contributed by atoms with Gasteiger partial charge in [0.05, 0.1) is 17.6 Å². The van der Waals surface area contributed by atoms with Crippen LogP contribution in [-0.4, -0.2) is 70.1 Å². The van der Waals surface area contributed by atoms with Gasteiger partial charge in [0, 0.05) is 47.4 Å². The summed E-state index contributed by atoms with van der Waals surface area (Å²) < 4.78 is 31.3. The van der Waals surface area contributed by atoms with Crippen molar-refractivity contribution in [2.75, 3.05) is 31.5 Å². The number of fused-ring (bicyclic) bond motifs is 1.